The zero-order valence-corrected chi connectivity index (χ0v) is 16.6. The molecule has 0 fully saturated rings. The molecular formula is C16H27N5O6S. The largest absolute Gasteiger partial charge is 0.465 e. The first-order valence-electron chi connectivity index (χ1n) is 8.64. The van der Waals surface area contributed by atoms with Gasteiger partial charge in [-0.05, 0) is 30.9 Å². The van der Waals surface area contributed by atoms with Crippen LogP contribution in [0.3, 0.4) is 0 Å². The fourth-order valence-electron chi connectivity index (χ4n) is 2.27. The van der Waals surface area contributed by atoms with Crippen molar-refractivity contribution in [3.05, 3.63) is 30.1 Å². The minimum absolute atomic E-state index is 0.149. The average Bonchev–Trinajstić information content (AvgIpc) is 2.64. The van der Waals surface area contributed by atoms with Gasteiger partial charge in [-0.3, -0.25) is 9.78 Å². The van der Waals surface area contributed by atoms with Crippen LogP contribution in [0.4, 0.5) is 4.79 Å². The van der Waals surface area contributed by atoms with Gasteiger partial charge in [-0.2, -0.15) is 12.7 Å². The second-order valence-electron chi connectivity index (χ2n) is 6.26. The summed E-state index contributed by atoms with van der Waals surface area (Å²) in [5, 5.41) is 23.8. The molecule has 158 valence electrons. The average molecular weight is 417 g/mol. The lowest BCUT2D eigenvalue weighted by molar-refractivity contribution is -0.130. The maximum Gasteiger partial charge on any atom is 0.404 e. The fraction of sp³-hybridized carbons (Fsp3) is 0.562. The van der Waals surface area contributed by atoms with Crippen LogP contribution in [0.5, 0.6) is 0 Å². The molecule has 1 unspecified atom stereocenters. The summed E-state index contributed by atoms with van der Waals surface area (Å²) in [6.45, 7) is 0.305. The molecule has 1 aromatic rings. The first-order valence-corrected chi connectivity index (χ1v) is 10.1. The van der Waals surface area contributed by atoms with Gasteiger partial charge in [0, 0.05) is 39.6 Å². The van der Waals surface area contributed by atoms with E-state index in [-0.39, 0.29) is 19.5 Å². The number of hydrogen-bond acceptors (Lipinski definition) is 6. The number of carboxylic acid groups (broad SMARTS) is 1. The number of rotatable bonds is 12. The number of aromatic nitrogens is 1. The van der Waals surface area contributed by atoms with Gasteiger partial charge in [0.25, 0.3) is 16.1 Å². The third-order valence-electron chi connectivity index (χ3n) is 3.86. The molecule has 0 saturated heterocycles. The monoisotopic (exact) mass is 417 g/mol. The Hall–Kier alpha value is -2.28. The molecular weight excluding hydrogens is 390 g/mol. The van der Waals surface area contributed by atoms with Crippen LogP contribution < -0.4 is 15.4 Å². The maximum atomic E-state index is 12.1. The lowest BCUT2D eigenvalue weighted by atomic mass is 10.0. The van der Waals surface area contributed by atoms with Gasteiger partial charge in [0.1, 0.15) is 0 Å². The minimum atomic E-state index is -3.53. The highest BCUT2D eigenvalue weighted by Gasteiger charge is 2.27. The van der Waals surface area contributed by atoms with Crippen molar-refractivity contribution in [3.8, 4) is 0 Å². The van der Waals surface area contributed by atoms with Crippen LogP contribution in [0.15, 0.2) is 24.5 Å². The van der Waals surface area contributed by atoms with Crippen LogP contribution in [0.1, 0.15) is 24.8 Å². The minimum Gasteiger partial charge on any atom is -0.465 e. The van der Waals surface area contributed by atoms with Crippen LogP contribution in [-0.4, -0.2) is 72.7 Å². The Kier molecular flexibility index (Phi) is 9.79. The van der Waals surface area contributed by atoms with Crippen molar-refractivity contribution in [2.45, 2.75) is 38.0 Å². The van der Waals surface area contributed by atoms with Gasteiger partial charge in [0.05, 0.1) is 6.04 Å². The van der Waals surface area contributed by atoms with Crippen LogP contribution >= 0.6 is 0 Å². The predicted octanol–water partition coefficient (Wildman–Crippen LogP) is -0.739. The molecule has 0 aliphatic rings. The maximum absolute atomic E-state index is 12.1. The fourth-order valence-corrected chi connectivity index (χ4v) is 2.93. The first-order chi connectivity index (χ1) is 13.1. The Morgan fingerprint density at radius 2 is 2.00 bits per heavy atom. The quantitative estimate of drug-likeness (QED) is 0.280. The molecule has 1 rings (SSSR count). The normalized spacial score (nSPS) is 13.7. The molecule has 1 aromatic heterocycles. The van der Waals surface area contributed by atoms with E-state index in [0.717, 1.165) is 9.87 Å². The van der Waals surface area contributed by atoms with E-state index < -0.39 is 34.4 Å². The van der Waals surface area contributed by atoms with E-state index in [9.17, 15) is 23.1 Å². The standard InChI is InChI=1S/C16H27N5O6S/c1-21(2)28(26,27)19-9-4-3-7-13(20-16(24)25)14(22)15(23)18-11-12-6-5-8-17-10-12/h5-6,8,10,13-14,19-20,22H,3-4,7,9,11H2,1-2H3,(H,18,23)(H,24,25)/t13-,14?/m0/s1. The summed E-state index contributed by atoms with van der Waals surface area (Å²) < 4.78 is 26.6. The van der Waals surface area contributed by atoms with E-state index in [0.29, 0.717) is 12.8 Å². The molecule has 1 heterocycles. The SMILES string of the molecule is CN(C)S(=O)(=O)NCCCC[C@H](NC(=O)O)C(O)C(=O)NCc1cccnc1. The van der Waals surface area contributed by atoms with E-state index in [4.69, 9.17) is 5.11 Å². The number of hydrogen-bond donors (Lipinski definition) is 5. The van der Waals surface area contributed by atoms with Gasteiger partial charge in [-0.15, -0.1) is 0 Å². The van der Waals surface area contributed by atoms with Crippen molar-refractivity contribution in [3.63, 3.8) is 0 Å². The number of nitrogens with zero attached hydrogens (tertiary/aromatic N) is 2. The summed E-state index contributed by atoms with van der Waals surface area (Å²) in [6.07, 6.45) is 1.18. The summed E-state index contributed by atoms with van der Waals surface area (Å²) in [5.41, 5.74) is 0.735. The van der Waals surface area contributed by atoms with E-state index in [1.54, 1.807) is 24.5 Å². The number of aliphatic hydroxyl groups is 1. The molecule has 5 N–H and O–H groups in total. The zero-order valence-electron chi connectivity index (χ0n) is 15.8. The summed E-state index contributed by atoms with van der Waals surface area (Å²) in [4.78, 5) is 27.0. The molecule has 2 atom stereocenters. The highest BCUT2D eigenvalue weighted by molar-refractivity contribution is 7.87. The first kappa shape index (κ1) is 23.8. The number of pyridine rings is 1. The van der Waals surface area contributed by atoms with Crippen LogP contribution in [0, 0.1) is 0 Å². The molecule has 28 heavy (non-hydrogen) atoms. The molecule has 0 saturated carbocycles. The molecule has 2 amide bonds. The van der Waals surface area contributed by atoms with Crippen LogP contribution in [-0.2, 0) is 21.5 Å². The molecule has 12 heteroatoms. The van der Waals surface area contributed by atoms with Crippen molar-refractivity contribution >= 4 is 22.2 Å². The topological polar surface area (TPSA) is 161 Å². The Labute approximate surface area is 164 Å². The number of carbonyl (C=O) groups is 2. The van der Waals surface area contributed by atoms with Crippen molar-refractivity contribution in [2.75, 3.05) is 20.6 Å². The molecule has 0 spiro atoms. The predicted molar refractivity (Wildman–Crippen MR) is 101 cm³/mol. The number of unbranched alkanes of at least 4 members (excludes halogenated alkanes) is 1. The Bertz CT molecular complexity index is 728. The van der Waals surface area contributed by atoms with Gasteiger partial charge in [-0.1, -0.05) is 6.07 Å². The number of amides is 2. The summed E-state index contributed by atoms with van der Waals surface area (Å²) in [7, 11) is -0.730. The third-order valence-corrected chi connectivity index (χ3v) is 5.39. The Morgan fingerprint density at radius 3 is 2.57 bits per heavy atom. The smallest absolute Gasteiger partial charge is 0.404 e. The second-order valence-corrected chi connectivity index (χ2v) is 8.23. The van der Waals surface area contributed by atoms with Gasteiger partial charge >= 0.3 is 6.09 Å². The van der Waals surface area contributed by atoms with E-state index in [1.807, 2.05) is 0 Å². The zero-order chi connectivity index (χ0) is 21.2. The lowest BCUT2D eigenvalue weighted by Gasteiger charge is -2.22. The van der Waals surface area contributed by atoms with Crippen molar-refractivity contribution in [2.24, 2.45) is 0 Å². The molecule has 11 nitrogen and oxygen atoms in total. The van der Waals surface area contributed by atoms with Gasteiger partial charge in [0.15, 0.2) is 6.10 Å². The number of carbonyl (C=O) groups excluding carboxylic acids is 1. The third kappa shape index (κ3) is 8.61. The van der Waals surface area contributed by atoms with Crippen LogP contribution in [0.25, 0.3) is 0 Å². The van der Waals surface area contributed by atoms with Crippen molar-refractivity contribution in [1.82, 2.24) is 24.6 Å². The van der Waals surface area contributed by atoms with E-state index in [1.165, 1.54) is 14.1 Å². The van der Waals surface area contributed by atoms with Gasteiger partial charge in [-0.25, -0.2) is 9.52 Å². The molecule has 0 radical (unpaired) electrons. The van der Waals surface area contributed by atoms with Gasteiger partial charge in [0.2, 0.25) is 0 Å². The molecule has 0 aliphatic heterocycles. The Balaban J connectivity index is 2.49. The second kappa shape index (κ2) is 11.5. The highest BCUT2D eigenvalue weighted by Crippen LogP contribution is 2.07. The van der Waals surface area contributed by atoms with Crippen molar-refractivity contribution in [1.29, 1.82) is 0 Å². The summed E-state index contributed by atoms with van der Waals surface area (Å²) in [6, 6.07) is 2.44. The van der Waals surface area contributed by atoms with E-state index >= 15 is 0 Å². The highest BCUT2D eigenvalue weighted by atomic mass is 32.2. The molecule has 0 aliphatic carbocycles. The number of nitrogens with one attached hydrogen (secondary N) is 3. The Morgan fingerprint density at radius 1 is 1.29 bits per heavy atom. The number of aliphatic hydroxyl groups excluding tert-OH is 1. The molecule has 0 bridgehead atoms. The van der Waals surface area contributed by atoms with Crippen molar-refractivity contribution < 1.29 is 28.2 Å². The van der Waals surface area contributed by atoms with Crippen LogP contribution in [0.2, 0.25) is 0 Å². The lowest BCUT2D eigenvalue weighted by Crippen LogP contribution is -2.50. The summed E-state index contributed by atoms with van der Waals surface area (Å²) in [5.74, 6) is -0.712. The van der Waals surface area contributed by atoms with E-state index in [2.05, 4.69) is 20.3 Å². The molecule has 0 aromatic carbocycles. The summed E-state index contributed by atoms with van der Waals surface area (Å²) >= 11 is 0. The van der Waals surface area contributed by atoms with Gasteiger partial charge < -0.3 is 20.8 Å².